The Morgan fingerprint density at radius 2 is 2.04 bits per heavy atom. The van der Waals surface area contributed by atoms with E-state index in [9.17, 15) is 4.79 Å². The molecule has 2 aromatic rings. The number of rotatable bonds is 7. The maximum atomic E-state index is 12.4. The van der Waals surface area contributed by atoms with Gasteiger partial charge in [-0.3, -0.25) is 9.69 Å². The summed E-state index contributed by atoms with van der Waals surface area (Å²) in [5.41, 5.74) is 1.69. The first-order chi connectivity index (χ1) is 12.1. The summed E-state index contributed by atoms with van der Waals surface area (Å²) in [5, 5.41) is 11.2. The first-order valence-electron chi connectivity index (χ1n) is 9.00. The lowest BCUT2D eigenvalue weighted by molar-refractivity contribution is -0.122. The zero-order valence-corrected chi connectivity index (χ0v) is 15.0. The highest BCUT2D eigenvalue weighted by atomic mass is 16.5. The second kappa shape index (κ2) is 8.40. The molecule has 0 unspecified atom stereocenters. The Morgan fingerprint density at radius 3 is 2.80 bits per heavy atom. The SMILES string of the molecule is CC(C)C[C@H](CNC(=O)Cn1nnc2ccccc21)N1CCOCC1. The molecule has 7 nitrogen and oxygen atoms in total. The first kappa shape index (κ1) is 17.8. The van der Waals surface area contributed by atoms with Crippen LogP contribution < -0.4 is 5.32 Å². The molecule has 3 rings (SSSR count). The minimum absolute atomic E-state index is 0.0299. The molecule has 1 aromatic heterocycles. The number of carbonyl (C=O) groups is 1. The van der Waals surface area contributed by atoms with Gasteiger partial charge in [-0.15, -0.1) is 5.10 Å². The summed E-state index contributed by atoms with van der Waals surface area (Å²) in [6, 6.07) is 8.02. The summed E-state index contributed by atoms with van der Waals surface area (Å²) in [4.78, 5) is 14.8. The van der Waals surface area contributed by atoms with Gasteiger partial charge >= 0.3 is 0 Å². The van der Waals surface area contributed by atoms with Gasteiger partial charge in [-0.05, 0) is 24.5 Å². The Morgan fingerprint density at radius 1 is 1.28 bits per heavy atom. The Hall–Kier alpha value is -1.99. The topological polar surface area (TPSA) is 72.3 Å². The molecule has 0 bridgehead atoms. The van der Waals surface area contributed by atoms with Crippen molar-refractivity contribution in [3.63, 3.8) is 0 Å². The average Bonchev–Trinajstić information content (AvgIpc) is 3.02. The molecule has 1 atom stereocenters. The second-order valence-corrected chi connectivity index (χ2v) is 6.97. The largest absolute Gasteiger partial charge is 0.379 e. The number of morpholine rings is 1. The second-order valence-electron chi connectivity index (χ2n) is 6.97. The number of nitrogens with one attached hydrogen (secondary N) is 1. The van der Waals surface area contributed by atoms with E-state index < -0.39 is 0 Å². The molecule has 136 valence electrons. The number of benzene rings is 1. The van der Waals surface area contributed by atoms with Crippen LogP contribution >= 0.6 is 0 Å². The Balaban J connectivity index is 1.57. The van der Waals surface area contributed by atoms with E-state index in [0.29, 0.717) is 18.5 Å². The van der Waals surface area contributed by atoms with E-state index in [1.807, 2.05) is 24.3 Å². The van der Waals surface area contributed by atoms with Gasteiger partial charge < -0.3 is 10.1 Å². The third-order valence-electron chi connectivity index (χ3n) is 4.55. The van der Waals surface area contributed by atoms with Crippen LogP contribution in [-0.4, -0.2) is 64.7 Å². The Bertz CT molecular complexity index is 694. The van der Waals surface area contributed by atoms with Crippen LogP contribution in [-0.2, 0) is 16.1 Å². The highest BCUT2D eigenvalue weighted by molar-refractivity contribution is 5.79. The van der Waals surface area contributed by atoms with Gasteiger partial charge in [0.2, 0.25) is 5.91 Å². The van der Waals surface area contributed by atoms with Crippen LogP contribution in [0.1, 0.15) is 20.3 Å². The molecule has 1 aliphatic heterocycles. The van der Waals surface area contributed by atoms with Crippen LogP contribution in [0.4, 0.5) is 0 Å². The Labute approximate surface area is 148 Å². The normalized spacial score (nSPS) is 17.1. The summed E-state index contributed by atoms with van der Waals surface area (Å²) in [7, 11) is 0. The van der Waals surface area contributed by atoms with Crippen molar-refractivity contribution in [2.24, 2.45) is 5.92 Å². The van der Waals surface area contributed by atoms with Crippen molar-refractivity contribution in [2.45, 2.75) is 32.9 Å². The summed E-state index contributed by atoms with van der Waals surface area (Å²) in [6.07, 6.45) is 1.06. The zero-order chi connectivity index (χ0) is 17.6. The lowest BCUT2D eigenvalue weighted by atomic mass is 10.0. The number of aromatic nitrogens is 3. The van der Waals surface area contributed by atoms with E-state index in [2.05, 4.69) is 34.4 Å². The van der Waals surface area contributed by atoms with Crippen molar-refractivity contribution < 1.29 is 9.53 Å². The quantitative estimate of drug-likeness (QED) is 0.819. The molecule has 1 aromatic carbocycles. The van der Waals surface area contributed by atoms with E-state index in [-0.39, 0.29) is 12.5 Å². The monoisotopic (exact) mass is 345 g/mol. The maximum Gasteiger partial charge on any atom is 0.241 e. The molecular formula is C18H27N5O2. The van der Waals surface area contributed by atoms with Crippen LogP contribution in [0.15, 0.2) is 24.3 Å². The van der Waals surface area contributed by atoms with Gasteiger partial charge in [-0.25, -0.2) is 4.68 Å². The van der Waals surface area contributed by atoms with Gasteiger partial charge in [0.05, 0.1) is 18.7 Å². The fourth-order valence-corrected chi connectivity index (χ4v) is 3.31. The van der Waals surface area contributed by atoms with Crippen LogP contribution in [0.5, 0.6) is 0 Å². The summed E-state index contributed by atoms with van der Waals surface area (Å²) in [5.74, 6) is 0.557. The molecular weight excluding hydrogens is 318 g/mol. The van der Waals surface area contributed by atoms with E-state index in [1.54, 1.807) is 4.68 Å². The van der Waals surface area contributed by atoms with E-state index in [4.69, 9.17) is 4.74 Å². The number of hydrogen-bond donors (Lipinski definition) is 1. The fourth-order valence-electron chi connectivity index (χ4n) is 3.31. The minimum Gasteiger partial charge on any atom is -0.379 e. The van der Waals surface area contributed by atoms with Crippen LogP contribution in [0.25, 0.3) is 11.0 Å². The molecule has 0 aliphatic carbocycles. The van der Waals surface area contributed by atoms with Crippen molar-refractivity contribution >= 4 is 16.9 Å². The van der Waals surface area contributed by atoms with Crippen LogP contribution in [0, 0.1) is 5.92 Å². The predicted octanol–water partition coefficient (Wildman–Crippen LogP) is 1.29. The number of hydrogen-bond acceptors (Lipinski definition) is 5. The summed E-state index contributed by atoms with van der Waals surface area (Å²) < 4.78 is 7.09. The number of amides is 1. The number of nitrogens with zero attached hydrogens (tertiary/aromatic N) is 4. The van der Waals surface area contributed by atoms with Gasteiger partial charge in [0, 0.05) is 25.7 Å². The molecule has 2 heterocycles. The van der Waals surface area contributed by atoms with Crippen LogP contribution in [0.3, 0.4) is 0 Å². The van der Waals surface area contributed by atoms with Crippen LogP contribution in [0.2, 0.25) is 0 Å². The average molecular weight is 345 g/mol. The number of fused-ring (bicyclic) bond motifs is 1. The number of carbonyl (C=O) groups excluding carboxylic acids is 1. The molecule has 25 heavy (non-hydrogen) atoms. The highest BCUT2D eigenvalue weighted by Gasteiger charge is 2.22. The Kier molecular flexibility index (Phi) is 5.99. The third kappa shape index (κ3) is 4.76. The maximum absolute atomic E-state index is 12.4. The van der Waals surface area contributed by atoms with Crippen molar-refractivity contribution in [1.82, 2.24) is 25.2 Å². The van der Waals surface area contributed by atoms with E-state index in [0.717, 1.165) is 43.8 Å². The molecule has 0 radical (unpaired) electrons. The summed E-state index contributed by atoms with van der Waals surface area (Å²) >= 11 is 0. The number of ether oxygens (including phenoxy) is 1. The molecule has 0 saturated carbocycles. The fraction of sp³-hybridized carbons (Fsp3) is 0.611. The zero-order valence-electron chi connectivity index (χ0n) is 15.0. The number of para-hydroxylation sites is 1. The minimum atomic E-state index is -0.0299. The molecule has 7 heteroatoms. The third-order valence-corrected chi connectivity index (χ3v) is 4.55. The van der Waals surface area contributed by atoms with Gasteiger partial charge in [0.1, 0.15) is 12.1 Å². The molecule has 1 N–H and O–H groups in total. The molecule has 1 aliphatic rings. The van der Waals surface area contributed by atoms with E-state index >= 15 is 0 Å². The summed E-state index contributed by atoms with van der Waals surface area (Å²) in [6.45, 7) is 8.69. The molecule has 1 amide bonds. The lowest BCUT2D eigenvalue weighted by Gasteiger charge is -2.35. The predicted molar refractivity (Wildman–Crippen MR) is 96.2 cm³/mol. The van der Waals surface area contributed by atoms with Crippen molar-refractivity contribution in [2.75, 3.05) is 32.8 Å². The van der Waals surface area contributed by atoms with Crippen molar-refractivity contribution in [1.29, 1.82) is 0 Å². The molecule has 0 spiro atoms. The first-order valence-corrected chi connectivity index (χ1v) is 9.00. The smallest absolute Gasteiger partial charge is 0.241 e. The van der Waals surface area contributed by atoms with Crippen molar-refractivity contribution in [3.05, 3.63) is 24.3 Å². The molecule has 1 saturated heterocycles. The van der Waals surface area contributed by atoms with Gasteiger partial charge in [-0.1, -0.05) is 31.2 Å². The van der Waals surface area contributed by atoms with Gasteiger partial charge in [0.15, 0.2) is 0 Å². The lowest BCUT2D eigenvalue weighted by Crippen LogP contribution is -2.49. The molecule has 1 fully saturated rings. The van der Waals surface area contributed by atoms with Crippen molar-refractivity contribution in [3.8, 4) is 0 Å². The van der Waals surface area contributed by atoms with E-state index in [1.165, 1.54) is 0 Å². The van der Waals surface area contributed by atoms with Gasteiger partial charge in [-0.2, -0.15) is 0 Å². The highest BCUT2D eigenvalue weighted by Crippen LogP contribution is 2.13. The standard InChI is InChI=1S/C18H27N5O2/c1-14(2)11-15(22-7-9-25-10-8-22)12-19-18(24)13-23-17-6-4-3-5-16(17)20-21-23/h3-6,14-15H,7-13H2,1-2H3,(H,19,24)/t15-/m1/s1. The van der Waals surface area contributed by atoms with Gasteiger partial charge in [0.25, 0.3) is 0 Å².